The number of rotatable bonds is 6. The first-order valence-corrected chi connectivity index (χ1v) is 8.99. The van der Waals surface area contributed by atoms with E-state index in [1.54, 1.807) is 43.5 Å². The Kier molecular flexibility index (Phi) is 6.26. The van der Waals surface area contributed by atoms with Crippen molar-refractivity contribution in [2.45, 2.75) is 6.61 Å². The van der Waals surface area contributed by atoms with Gasteiger partial charge in [0.25, 0.3) is 5.89 Å². The SMILES string of the molecule is COc1ccc(Br)cc1/C=C/C(=O)OCc1nnc(-c2ccc(Cl)cc2)o1. The van der Waals surface area contributed by atoms with Gasteiger partial charge < -0.3 is 13.9 Å². The van der Waals surface area contributed by atoms with Crippen LogP contribution in [0.25, 0.3) is 17.5 Å². The Labute approximate surface area is 168 Å². The fourth-order valence-corrected chi connectivity index (χ4v) is 2.70. The maximum Gasteiger partial charge on any atom is 0.331 e. The summed E-state index contributed by atoms with van der Waals surface area (Å²) < 4.78 is 16.7. The van der Waals surface area contributed by atoms with Gasteiger partial charge in [0.2, 0.25) is 5.89 Å². The van der Waals surface area contributed by atoms with E-state index in [0.717, 1.165) is 15.6 Å². The number of benzene rings is 2. The van der Waals surface area contributed by atoms with Gasteiger partial charge in [-0.3, -0.25) is 0 Å². The van der Waals surface area contributed by atoms with Crippen molar-refractivity contribution in [2.75, 3.05) is 7.11 Å². The molecule has 0 amide bonds. The highest BCUT2D eigenvalue weighted by Gasteiger charge is 2.10. The number of hydrogen-bond acceptors (Lipinski definition) is 6. The van der Waals surface area contributed by atoms with Crippen molar-refractivity contribution in [3.63, 3.8) is 0 Å². The second-order valence-electron chi connectivity index (χ2n) is 5.34. The molecule has 0 N–H and O–H groups in total. The van der Waals surface area contributed by atoms with Crippen LogP contribution in [0.15, 0.2) is 57.4 Å². The fraction of sp³-hybridized carbons (Fsp3) is 0.105. The van der Waals surface area contributed by atoms with Gasteiger partial charge in [0, 0.05) is 26.7 Å². The molecule has 3 rings (SSSR count). The number of nitrogens with zero attached hydrogens (tertiary/aromatic N) is 2. The average molecular weight is 450 g/mol. The number of hydrogen-bond donors (Lipinski definition) is 0. The van der Waals surface area contributed by atoms with E-state index in [4.69, 9.17) is 25.5 Å². The highest BCUT2D eigenvalue weighted by Crippen LogP contribution is 2.24. The van der Waals surface area contributed by atoms with Crippen LogP contribution >= 0.6 is 27.5 Å². The van der Waals surface area contributed by atoms with Crippen molar-refractivity contribution >= 4 is 39.6 Å². The largest absolute Gasteiger partial charge is 0.496 e. The van der Waals surface area contributed by atoms with Crippen molar-refractivity contribution in [1.82, 2.24) is 10.2 Å². The van der Waals surface area contributed by atoms with E-state index < -0.39 is 5.97 Å². The molecule has 8 heteroatoms. The van der Waals surface area contributed by atoms with Crippen molar-refractivity contribution in [3.05, 3.63) is 69.5 Å². The van der Waals surface area contributed by atoms with Gasteiger partial charge in [-0.25, -0.2) is 4.79 Å². The Hall–Kier alpha value is -2.64. The molecule has 0 saturated carbocycles. The predicted octanol–water partition coefficient (Wildman–Crippen LogP) is 4.92. The van der Waals surface area contributed by atoms with Crippen LogP contribution in [-0.2, 0) is 16.1 Å². The maximum atomic E-state index is 11.9. The number of carbonyl (C=O) groups is 1. The van der Waals surface area contributed by atoms with E-state index in [1.165, 1.54) is 6.08 Å². The zero-order valence-electron chi connectivity index (χ0n) is 14.2. The quantitative estimate of drug-likeness (QED) is 0.393. The molecule has 0 aliphatic carbocycles. The number of aromatic nitrogens is 2. The third-order valence-electron chi connectivity index (χ3n) is 3.49. The summed E-state index contributed by atoms with van der Waals surface area (Å²) in [5, 5.41) is 8.41. The van der Waals surface area contributed by atoms with Crippen molar-refractivity contribution in [1.29, 1.82) is 0 Å². The van der Waals surface area contributed by atoms with Crippen LogP contribution in [0.1, 0.15) is 11.5 Å². The lowest BCUT2D eigenvalue weighted by Gasteiger charge is -2.04. The Morgan fingerprint density at radius 3 is 2.74 bits per heavy atom. The van der Waals surface area contributed by atoms with E-state index >= 15 is 0 Å². The number of halogens is 2. The van der Waals surface area contributed by atoms with Gasteiger partial charge in [0.05, 0.1) is 7.11 Å². The summed E-state index contributed by atoms with van der Waals surface area (Å²) in [4.78, 5) is 11.9. The van der Waals surface area contributed by atoms with E-state index in [2.05, 4.69) is 26.1 Å². The lowest BCUT2D eigenvalue weighted by Crippen LogP contribution is -2.01. The first-order chi connectivity index (χ1) is 13.0. The normalized spacial score (nSPS) is 10.9. The second kappa shape index (κ2) is 8.83. The van der Waals surface area contributed by atoms with E-state index in [9.17, 15) is 4.79 Å². The summed E-state index contributed by atoms with van der Waals surface area (Å²) in [7, 11) is 1.56. The molecular formula is C19H14BrClN2O4. The molecule has 3 aromatic rings. The molecule has 0 atom stereocenters. The minimum atomic E-state index is -0.539. The summed E-state index contributed by atoms with van der Waals surface area (Å²) in [5.74, 6) is 0.629. The van der Waals surface area contributed by atoms with Crippen LogP contribution < -0.4 is 4.74 Å². The van der Waals surface area contributed by atoms with Gasteiger partial charge in [-0.1, -0.05) is 27.5 Å². The highest BCUT2D eigenvalue weighted by atomic mass is 79.9. The molecule has 0 fully saturated rings. The van der Waals surface area contributed by atoms with Crippen LogP contribution in [0.5, 0.6) is 5.75 Å². The summed E-state index contributed by atoms with van der Waals surface area (Å²) in [6, 6.07) is 12.5. The smallest absolute Gasteiger partial charge is 0.331 e. The lowest BCUT2D eigenvalue weighted by atomic mass is 10.2. The summed E-state index contributed by atoms with van der Waals surface area (Å²) >= 11 is 9.23. The third-order valence-corrected chi connectivity index (χ3v) is 4.23. The van der Waals surface area contributed by atoms with Gasteiger partial charge in [0.1, 0.15) is 5.75 Å². The average Bonchev–Trinajstić information content (AvgIpc) is 3.14. The van der Waals surface area contributed by atoms with E-state index in [-0.39, 0.29) is 12.5 Å². The van der Waals surface area contributed by atoms with Crippen LogP contribution in [0.3, 0.4) is 0 Å². The molecule has 138 valence electrons. The zero-order chi connectivity index (χ0) is 19.2. The van der Waals surface area contributed by atoms with Crippen molar-refractivity contribution in [2.24, 2.45) is 0 Å². The third kappa shape index (κ3) is 5.18. The predicted molar refractivity (Wildman–Crippen MR) is 104 cm³/mol. The Balaban J connectivity index is 1.60. The number of carbonyl (C=O) groups excluding carboxylic acids is 1. The summed E-state index contributed by atoms with van der Waals surface area (Å²) in [6.07, 6.45) is 2.92. The molecule has 0 saturated heterocycles. The molecule has 0 aliphatic rings. The summed E-state index contributed by atoms with van der Waals surface area (Å²) in [5.41, 5.74) is 1.47. The Morgan fingerprint density at radius 2 is 2.00 bits per heavy atom. The molecule has 0 aliphatic heterocycles. The summed E-state index contributed by atoms with van der Waals surface area (Å²) in [6.45, 7) is -0.126. The Morgan fingerprint density at radius 1 is 1.22 bits per heavy atom. The first-order valence-electron chi connectivity index (χ1n) is 7.82. The van der Waals surface area contributed by atoms with Crippen LogP contribution in [-0.4, -0.2) is 23.3 Å². The molecule has 1 heterocycles. The van der Waals surface area contributed by atoms with E-state index in [1.807, 2.05) is 12.1 Å². The van der Waals surface area contributed by atoms with Gasteiger partial charge in [-0.15, -0.1) is 10.2 Å². The zero-order valence-corrected chi connectivity index (χ0v) is 16.5. The van der Waals surface area contributed by atoms with Gasteiger partial charge >= 0.3 is 5.97 Å². The fourth-order valence-electron chi connectivity index (χ4n) is 2.20. The minimum absolute atomic E-state index is 0.126. The van der Waals surface area contributed by atoms with Crippen LogP contribution in [0, 0.1) is 0 Å². The molecule has 0 spiro atoms. The Bertz CT molecular complexity index is 970. The molecule has 1 aromatic heterocycles. The molecule has 2 aromatic carbocycles. The molecule has 6 nitrogen and oxygen atoms in total. The molecule has 27 heavy (non-hydrogen) atoms. The van der Waals surface area contributed by atoms with Crippen molar-refractivity contribution < 1.29 is 18.7 Å². The van der Waals surface area contributed by atoms with Crippen LogP contribution in [0.4, 0.5) is 0 Å². The first kappa shape index (κ1) is 19.1. The molecular weight excluding hydrogens is 436 g/mol. The highest BCUT2D eigenvalue weighted by molar-refractivity contribution is 9.10. The molecule has 0 radical (unpaired) electrons. The van der Waals surface area contributed by atoms with Gasteiger partial charge in [-0.05, 0) is 48.5 Å². The monoisotopic (exact) mass is 448 g/mol. The topological polar surface area (TPSA) is 74.5 Å². The molecule has 0 unspecified atom stereocenters. The second-order valence-corrected chi connectivity index (χ2v) is 6.69. The maximum absolute atomic E-state index is 11.9. The minimum Gasteiger partial charge on any atom is -0.496 e. The van der Waals surface area contributed by atoms with Crippen molar-refractivity contribution in [3.8, 4) is 17.2 Å². The number of ether oxygens (including phenoxy) is 2. The standard InChI is InChI=1S/C19H14BrClN2O4/c1-25-16-8-5-14(20)10-13(16)4-9-18(24)26-11-17-22-23-19(27-17)12-2-6-15(21)7-3-12/h2-10H,11H2,1H3/b9-4+. The van der Waals surface area contributed by atoms with Gasteiger partial charge in [0.15, 0.2) is 6.61 Å². The lowest BCUT2D eigenvalue weighted by molar-refractivity contribution is -0.139. The number of esters is 1. The molecule has 0 bridgehead atoms. The number of methoxy groups -OCH3 is 1. The van der Waals surface area contributed by atoms with Crippen LogP contribution in [0.2, 0.25) is 5.02 Å². The van der Waals surface area contributed by atoms with E-state index in [0.29, 0.717) is 16.7 Å². The van der Waals surface area contributed by atoms with Gasteiger partial charge in [-0.2, -0.15) is 0 Å².